The molecule has 0 amide bonds. The fraction of sp³-hybridized carbons (Fsp3) is 0.172. The first-order valence-electron chi connectivity index (χ1n) is 24.5. The van der Waals surface area contributed by atoms with Gasteiger partial charge in [-0.3, -0.25) is 9.97 Å². The summed E-state index contributed by atoms with van der Waals surface area (Å²) in [7, 11) is 0. The minimum absolute atomic E-state index is 0.221. The number of rotatable bonds is 10. The average Bonchev–Trinajstić information content (AvgIpc) is 4.24. The number of aromatic amines is 3. The van der Waals surface area contributed by atoms with Crippen LogP contribution in [0.5, 0.6) is 6.01 Å². The van der Waals surface area contributed by atoms with Crippen LogP contribution in [0.3, 0.4) is 0 Å². The van der Waals surface area contributed by atoms with Gasteiger partial charge in [0.1, 0.15) is 23.2 Å². The van der Waals surface area contributed by atoms with Crippen LogP contribution in [0.25, 0.3) is 66.1 Å². The third-order valence-electron chi connectivity index (χ3n) is 13.0. The van der Waals surface area contributed by atoms with Crippen molar-refractivity contribution in [2.24, 2.45) is 0 Å². The zero-order chi connectivity index (χ0) is 54.2. The van der Waals surface area contributed by atoms with E-state index >= 15 is 0 Å². The quantitative estimate of drug-likeness (QED) is 0.0746. The SMILES string of the molecule is CCO.CCOc1nc2c(C(O)(c3ccccn3)c3ccc4ccc(F)cc4n3)cc(-c3c(C)noc3C)cc2[nH]1.Cc1noc(C)c1-c1cc(C(O)(c2ccccn2)c2ccc3ccc(F)cc3n2)c2[nH]c(=O)[nH]c2c1. The van der Waals surface area contributed by atoms with E-state index in [4.69, 9.17) is 23.9 Å². The van der Waals surface area contributed by atoms with Gasteiger partial charge in [-0.05, 0) is 138 Å². The summed E-state index contributed by atoms with van der Waals surface area (Å²) in [5.74, 6) is 0.376. The number of nitrogens with one attached hydrogen (secondary N) is 3. The predicted molar refractivity (Wildman–Crippen MR) is 285 cm³/mol. The van der Waals surface area contributed by atoms with Crippen LogP contribution in [0.2, 0.25) is 0 Å². The monoisotopic (exact) mass is 1040 g/mol. The number of pyridine rings is 4. The highest BCUT2D eigenvalue weighted by Crippen LogP contribution is 2.44. The lowest BCUT2D eigenvalue weighted by atomic mass is 9.83. The molecule has 0 aliphatic heterocycles. The molecule has 0 spiro atoms. The average molecular weight is 1040 g/mol. The predicted octanol–water partition coefficient (Wildman–Crippen LogP) is 10.1. The summed E-state index contributed by atoms with van der Waals surface area (Å²) in [6.07, 6.45) is 3.17. The Bertz CT molecular complexity index is 4140. The molecule has 388 valence electrons. The van der Waals surface area contributed by atoms with Gasteiger partial charge < -0.3 is 44.1 Å². The summed E-state index contributed by atoms with van der Waals surface area (Å²) in [5, 5.41) is 42.4. The van der Waals surface area contributed by atoms with Crippen molar-refractivity contribution in [2.75, 3.05) is 13.2 Å². The lowest BCUT2D eigenvalue weighted by Crippen LogP contribution is -2.31. The van der Waals surface area contributed by atoms with Crippen molar-refractivity contribution in [1.82, 2.24) is 50.2 Å². The molecule has 0 saturated heterocycles. The number of aryl methyl sites for hydroxylation is 4. The molecule has 2 atom stereocenters. The van der Waals surface area contributed by atoms with Crippen LogP contribution in [-0.2, 0) is 11.2 Å². The van der Waals surface area contributed by atoms with E-state index in [0.29, 0.717) is 96.4 Å². The molecule has 8 heterocycles. The molecule has 0 aliphatic carbocycles. The molecular formula is C58H50F2N10O7. The first-order chi connectivity index (χ1) is 37.1. The minimum atomic E-state index is -1.90. The third-order valence-corrected chi connectivity index (χ3v) is 13.0. The number of benzene rings is 4. The van der Waals surface area contributed by atoms with E-state index in [-0.39, 0.29) is 23.7 Å². The van der Waals surface area contributed by atoms with Crippen molar-refractivity contribution in [2.45, 2.75) is 52.7 Å². The van der Waals surface area contributed by atoms with Gasteiger partial charge in [-0.2, -0.15) is 4.98 Å². The Kier molecular flexibility index (Phi) is 13.8. The number of hydrogen-bond donors (Lipinski definition) is 6. The lowest BCUT2D eigenvalue weighted by molar-refractivity contribution is 0.117. The van der Waals surface area contributed by atoms with Gasteiger partial charge in [-0.25, -0.2) is 23.5 Å². The van der Waals surface area contributed by atoms with Gasteiger partial charge in [-0.15, -0.1) is 0 Å². The van der Waals surface area contributed by atoms with Crippen LogP contribution < -0.4 is 10.4 Å². The molecule has 4 aromatic carbocycles. The first kappa shape index (κ1) is 51.2. The van der Waals surface area contributed by atoms with Crippen molar-refractivity contribution < 1.29 is 37.9 Å². The van der Waals surface area contributed by atoms with Crippen LogP contribution in [0, 0.1) is 39.3 Å². The van der Waals surface area contributed by atoms with Crippen LogP contribution in [0.1, 0.15) is 70.7 Å². The van der Waals surface area contributed by atoms with Crippen molar-refractivity contribution >= 4 is 43.9 Å². The molecule has 0 aliphatic rings. The van der Waals surface area contributed by atoms with Gasteiger partial charge in [0.05, 0.1) is 73.9 Å². The number of aromatic nitrogens is 10. The van der Waals surface area contributed by atoms with E-state index in [2.05, 4.69) is 45.2 Å². The molecule has 19 heteroatoms. The topological polar surface area (TPSA) is 251 Å². The molecule has 12 rings (SSSR count). The Balaban J connectivity index is 0.000000166. The second kappa shape index (κ2) is 20.8. The van der Waals surface area contributed by atoms with Crippen LogP contribution >= 0.6 is 0 Å². The van der Waals surface area contributed by atoms with E-state index in [9.17, 15) is 23.8 Å². The van der Waals surface area contributed by atoms with Crippen LogP contribution in [-0.4, -0.2) is 78.7 Å². The maximum absolute atomic E-state index is 14.1. The summed E-state index contributed by atoms with van der Waals surface area (Å²) < 4.78 is 44.6. The number of aliphatic hydroxyl groups excluding tert-OH is 1. The van der Waals surface area contributed by atoms with Gasteiger partial charge in [0.25, 0.3) is 6.01 Å². The van der Waals surface area contributed by atoms with Gasteiger partial charge in [0.15, 0.2) is 11.2 Å². The fourth-order valence-corrected chi connectivity index (χ4v) is 9.63. The highest BCUT2D eigenvalue weighted by molar-refractivity contribution is 5.90. The molecule has 12 aromatic rings. The number of fused-ring (bicyclic) bond motifs is 4. The molecule has 8 aromatic heterocycles. The number of halogens is 2. The lowest BCUT2D eigenvalue weighted by Gasteiger charge is -2.29. The van der Waals surface area contributed by atoms with Gasteiger partial charge >= 0.3 is 5.69 Å². The molecule has 0 bridgehead atoms. The van der Waals surface area contributed by atoms with E-state index in [1.165, 1.54) is 24.3 Å². The maximum Gasteiger partial charge on any atom is 0.323 e. The first-order valence-corrected chi connectivity index (χ1v) is 24.5. The number of imidazole rings is 2. The molecule has 0 fully saturated rings. The maximum atomic E-state index is 14.1. The number of ether oxygens (including phenoxy) is 1. The van der Waals surface area contributed by atoms with Crippen molar-refractivity contribution in [3.63, 3.8) is 0 Å². The fourth-order valence-electron chi connectivity index (χ4n) is 9.63. The summed E-state index contributed by atoms with van der Waals surface area (Å²) in [4.78, 5) is 44.2. The standard InChI is InChI=1S/C29H24FN5O3.C27H20FN5O3.C2H6O/c1-4-37-28-33-23-14-19(26-16(2)35-38-17(26)3)13-21(27(23)34-28)29(36,24-7-5-6-12-31-24)25-11-9-18-8-10-20(30)15-22(18)32-25;1-14-24(15(2)36-33-14)17-11-19(25-21(12-17)31-26(34)32-25)27(35,22-5-3-4-10-29-22)23-9-7-16-6-8-18(28)13-20(16)30-23;1-2-3/h5-15,36H,4H2,1-3H3,(H,33,34);3-13,35H,1-2H3,(H2,31,32,34);3H,2H2,1H3. The summed E-state index contributed by atoms with van der Waals surface area (Å²) in [6.45, 7) is 11.5. The van der Waals surface area contributed by atoms with Crippen LogP contribution in [0.4, 0.5) is 8.78 Å². The molecule has 77 heavy (non-hydrogen) atoms. The third kappa shape index (κ3) is 9.47. The van der Waals surface area contributed by atoms with Crippen molar-refractivity contribution in [3.8, 4) is 28.3 Å². The van der Waals surface area contributed by atoms with Gasteiger partial charge in [0, 0.05) is 64.2 Å². The molecule has 6 N–H and O–H groups in total. The zero-order valence-corrected chi connectivity index (χ0v) is 42.5. The van der Waals surface area contributed by atoms with E-state index in [0.717, 1.165) is 22.1 Å². The Hall–Kier alpha value is -9.30. The largest absolute Gasteiger partial charge is 0.465 e. The summed E-state index contributed by atoms with van der Waals surface area (Å²) >= 11 is 0. The van der Waals surface area contributed by atoms with E-state index in [1.54, 1.807) is 111 Å². The Morgan fingerprint density at radius 2 is 1.08 bits per heavy atom. The summed E-state index contributed by atoms with van der Waals surface area (Å²) in [5.41, 5.74) is 4.84. The van der Waals surface area contributed by atoms with Gasteiger partial charge in [-0.1, -0.05) is 34.6 Å². The normalized spacial score (nSPS) is 13.0. The zero-order valence-electron chi connectivity index (χ0n) is 42.5. The number of nitrogens with zero attached hydrogens (tertiary/aromatic N) is 7. The van der Waals surface area contributed by atoms with Crippen molar-refractivity contribution in [3.05, 3.63) is 213 Å². The van der Waals surface area contributed by atoms with E-state index in [1.807, 2.05) is 39.8 Å². The van der Waals surface area contributed by atoms with Crippen molar-refractivity contribution in [1.29, 1.82) is 0 Å². The Morgan fingerprint density at radius 1 is 0.584 bits per heavy atom. The highest BCUT2D eigenvalue weighted by Gasteiger charge is 2.41. The van der Waals surface area contributed by atoms with Gasteiger partial charge in [0.2, 0.25) is 0 Å². The van der Waals surface area contributed by atoms with Crippen LogP contribution in [0.15, 0.2) is 148 Å². The molecule has 2 unspecified atom stereocenters. The molecule has 0 radical (unpaired) electrons. The second-order valence-corrected chi connectivity index (χ2v) is 18.1. The Labute approximate surface area is 437 Å². The minimum Gasteiger partial charge on any atom is -0.465 e. The number of aliphatic hydroxyl groups is 3. The van der Waals surface area contributed by atoms with E-state index < -0.39 is 28.5 Å². The smallest absolute Gasteiger partial charge is 0.323 e. The second-order valence-electron chi connectivity index (χ2n) is 18.1. The Morgan fingerprint density at radius 3 is 1.56 bits per heavy atom. The summed E-state index contributed by atoms with van der Waals surface area (Å²) in [6, 6.07) is 33.7. The highest BCUT2D eigenvalue weighted by atomic mass is 19.1. The molecule has 17 nitrogen and oxygen atoms in total. The molecule has 0 saturated carbocycles. The number of H-pyrrole nitrogens is 3. The number of hydrogen-bond acceptors (Lipinski definition) is 14. The molecular weight excluding hydrogens is 987 g/mol.